The van der Waals surface area contributed by atoms with E-state index in [4.69, 9.17) is 0 Å². The Labute approximate surface area is 110 Å². The molecule has 1 saturated heterocycles. The van der Waals surface area contributed by atoms with Crippen LogP contribution in [0.15, 0.2) is 0 Å². The minimum absolute atomic E-state index is 0. The molecule has 1 aliphatic carbocycles. The second-order valence-electron chi connectivity index (χ2n) is 5.15. The molecule has 2 fully saturated rings. The zero-order valence-electron chi connectivity index (χ0n) is 9.87. The monoisotopic (exact) mass is 287 g/mol. The summed E-state index contributed by atoms with van der Waals surface area (Å²) in [6.45, 7) is 0.709. The van der Waals surface area contributed by atoms with Gasteiger partial charge in [-0.25, -0.2) is 0 Å². The van der Waals surface area contributed by atoms with Crippen LogP contribution in [-0.4, -0.2) is 41.8 Å². The summed E-state index contributed by atoms with van der Waals surface area (Å²) in [5.41, 5.74) is -0.772. The molecular weight excluding hydrogens is 271 g/mol. The van der Waals surface area contributed by atoms with E-state index in [0.29, 0.717) is 13.0 Å². The number of hydrogen-bond donors (Lipinski definition) is 1. The number of carboxylic acid groups (broad SMARTS) is 1. The molecule has 1 saturated carbocycles. The maximum Gasteiger partial charge on any atom is 0.390 e. The fourth-order valence-electron chi connectivity index (χ4n) is 3.20. The van der Waals surface area contributed by atoms with Gasteiger partial charge in [-0.1, -0.05) is 6.42 Å². The molecule has 3 nitrogen and oxygen atoms in total. The smallest absolute Gasteiger partial charge is 0.390 e. The molecule has 0 spiro atoms. The highest BCUT2D eigenvalue weighted by molar-refractivity contribution is 5.85. The van der Waals surface area contributed by atoms with Crippen molar-refractivity contribution in [2.45, 2.75) is 31.9 Å². The normalized spacial score (nSPS) is 32.1. The number of nitrogens with zero attached hydrogens (tertiary/aromatic N) is 1. The Balaban J connectivity index is 0.00000162. The minimum Gasteiger partial charge on any atom is -0.481 e. The first-order valence-electron chi connectivity index (χ1n) is 5.86. The van der Waals surface area contributed by atoms with E-state index in [1.807, 2.05) is 0 Å². The summed E-state index contributed by atoms with van der Waals surface area (Å²) in [7, 11) is 0. The van der Waals surface area contributed by atoms with Crippen molar-refractivity contribution in [3.05, 3.63) is 0 Å². The quantitative estimate of drug-likeness (QED) is 0.867. The first-order chi connectivity index (χ1) is 7.83. The van der Waals surface area contributed by atoms with Crippen LogP contribution in [0, 0.1) is 11.3 Å². The van der Waals surface area contributed by atoms with E-state index in [1.165, 1.54) is 0 Å². The van der Waals surface area contributed by atoms with Crippen molar-refractivity contribution in [1.82, 2.24) is 4.90 Å². The van der Waals surface area contributed by atoms with Crippen LogP contribution in [0.1, 0.15) is 25.7 Å². The number of hydrogen-bond acceptors (Lipinski definition) is 2. The molecule has 106 valence electrons. The fourth-order valence-corrected chi connectivity index (χ4v) is 3.20. The highest BCUT2D eigenvalue weighted by Crippen LogP contribution is 2.48. The van der Waals surface area contributed by atoms with Gasteiger partial charge in [0.15, 0.2) is 0 Å². The molecule has 2 atom stereocenters. The van der Waals surface area contributed by atoms with Crippen LogP contribution in [0.2, 0.25) is 0 Å². The lowest BCUT2D eigenvalue weighted by atomic mass is 9.81. The van der Waals surface area contributed by atoms with E-state index in [0.717, 1.165) is 12.8 Å². The second kappa shape index (κ2) is 5.25. The Morgan fingerprint density at radius 3 is 2.61 bits per heavy atom. The van der Waals surface area contributed by atoms with Crippen LogP contribution in [0.5, 0.6) is 0 Å². The van der Waals surface area contributed by atoms with Gasteiger partial charge in [0.1, 0.15) is 0 Å². The van der Waals surface area contributed by atoms with Crippen LogP contribution in [-0.2, 0) is 4.79 Å². The summed E-state index contributed by atoms with van der Waals surface area (Å²) >= 11 is 0. The summed E-state index contributed by atoms with van der Waals surface area (Å²) < 4.78 is 36.3. The number of aliphatic carboxylic acids is 1. The SMILES string of the molecule is Cl.O=C(O)[C@@]12CCC[C@H]1CN(CCC(F)(F)F)C2. The summed E-state index contributed by atoms with van der Waals surface area (Å²) in [4.78, 5) is 13.0. The van der Waals surface area contributed by atoms with Crippen molar-refractivity contribution in [3.63, 3.8) is 0 Å². The second-order valence-corrected chi connectivity index (χ2v) is 5.15. The molecule has 0 radical (unpaired) electrons. The molecule has 0 amide bonds. The van der Waals surface area contributed by atoms with E-state index < -0.39 is 24.0 Å². The molecule has 2 aliphatic rings. The van der Waals surface area contributed by atoms with Crippen LogP contribution in [0.3, 0.4) is 0 Å². The molecule has 7 heteroatoms. The molecule has 0 aromatic heterocycles. The van der Waals surface area contributed by atoms with Gasteiger partial charge < -0.3 is 10.0 Å². The fraction of sp³-hybridized carbons (Fsp3) is 0.909. The number of carboxylic acids is 1. The average molecular weight is 288 g/mol. The lowest BCUT2D eigenvalue weighted by Crippen LogP contribution is -2.36. The van der Waals surface area contributed by atoms with E-state index in [1.54, 1.807) is 4.90 Å². The predicted octanol–water partition coefficient (Wildman–Crippen LogP) is 2.55. The number of carbonyl (C=O) groups is 1. The molecule has 2 rings (SSSR count). The number of alkyl halides is 3. The number of fused-ring (bicyclic) bond motifs is 1. The molecule has 18 heavy (non-hydrogen) atoms. The molecule has 0 bridgehead atoms. The van der Waals surface area contributed by atoms with Gasteiger partial charge in [0, 0.05) is 19.6 Å². The lowest BCUT2D eigenvalue weighted by Gasteiger charge is -2.23. The average Bonchev–Trinajstić information content (AvgIpc) is 2.69. The van der Waals surface area contributed by atoms with Crippen molar-refractivity contribution in [1.29, 1.82) is 0 Å². The van der Waals surface area contributed by atoms with Crippen LogP contribution in [0.4, 0.5) is 13.2 Å². The van der Waals surface area contributed by atoms with Gasteiger partial charge in [-0.15, -0.1) is 12.4 Å². The molecule has 1 aliphatic heterocycles. The summed E-state index contributed by atoms with van der Waals surface area (Å²) in [5.74, 6) is -0.803. The third-order valence-corrected chi connectivity index (χ3v) is 4.08. The van der Waals surface area contributed by atoms with Crippen LogP contribution in [0.25, 0.3) is 0 Å². The van der Waals surface area contributed by atoms with Crippen molar-refractivity contribution in [3.8, 4) is 0 Å². The van der Waals surface area contributed by atoms with E-state index in [9.17, 15) is 23.1 Å². The van der Waals surface area contributed by atoms with Gasteiger partial charge in [0.25, 0.3) is 0 Å². The van der Waals surface area contributed by atoms with Crippen molar-refractivity contribution in [2.75, 3.05) is 19.6 Å². The van der Waals surface area contributed by atoms with E-state index in [-0.39, 0.29) is 31.4 Å². The summed E-state index contributed by atoms with van der Waals surface area (Å²) in [6.07, 6.45) is -2.70. The summed E-state index contributed by atoms with van der Waals surface area (Å²) in [5, 5.41) is 9.27. The van der Waals surface area contributed by atoms with E-state index in [2.05, 4.69) is 0 Å². The highest BCUT2D eigenvalue weighted by Gasteiger charge is 2.54. The molecule has 0 unspecified atom stereocenters. The van der Waals surface area contributed by atoms with Gasteiger partial charge in [-0.3, -0.25) is 4.79 Å². The van der Waals surface area contributed by atoms with Gasteiger partial charge in [-0.05, 0) is 18.8 Å². The van der Waals surface area contributed by atoms with E-state index >= 15 is 0 Å². The zero-order valence-corrected chi connectivity index (χ0v) is 10.7. The predicted molar refractivity (Wildman–Crippen MR) is 61.8 cm³/mol. The Hall–Kier alpha value is -0.490. The number of halogens is 4. The summed E-state index contributed by atoms with van der Waals surface area (Å²) in [6, 6.07) is 0. The van der Waals surface area contributed by atoms with Gasteiger partial charge in [0.05, 0.1) is 11.8 Å². The Bertz CT molecular complexity index is 324. The lowest BCUT2D eigenvalue weighted by molar-refractivity contribution is -0.149. The highest BCUT2D eigenvalue weighted by atomic mass is 35.5. The molecule has 1 heterocycles. The van der Waals surface area contributed by atoms with Crippen molar-refractivity contribution >= 4 is 18.4 Å². The standard InChI is InChI=1S/C11H16F3NO2.ClH/c12-11(13,14)4-5-15-6-8-2-1-3-10(8,7-15)9(16)17;/h8H,1-7H2,(H,16,17);1H/t8-,10+;/m0./s1. The zero-order chi connectivity index (χ0) is 12.7. The van der Waals surface area contributed by atoms with Crippen molar-refractivity contribution < 1.29 is 23.1 Å². The minimum atomic E-state index is -4.16. The molecular formula is C11H17ClF3NO2. The van der Waals surface area contributed by atoms with Gasteiger partial charge in [-0.2, -0.15) is 13.2 Å². The molecule has 0 aromatic carbocycles. The topological polar surface area (TPSA) is 40.5 Å². The Morgan fingerprint density at radius 1 is 1.44 bits per heavy atom. The van der Waals surface area contributed by atoms with Crippen LogP contribution < -0.4 is 0 Å². The van der Waals surface area contributed by atoms with Gasteiger partial charge >= 0.3 is 12.1 Å². The largest absolute Gasteiger partial charge is 0.481 e. The number of likely N-dealkylation sites (tertiary alicyclic amines) is 1. The molecule has 0 aromatic rings. The third-order valence-electron chi connectivity index (χ3n) is 4.08. The Morgan fingerprint density at radius 2 is 2.11 bits per heavy atom. The van der Waals surface area contributed by atoms with Crippen LogP contribution >= 0.6 is 12.4 Å². The molecule has 1 N–H and O–H groups in total. The third kappa shape index (κ3) is 2.91. The first kappa shape index (κ1) is 15.6. The first-order valence-corrected chi connectivity index (χ1v) is 5.86. The van der Waals surface area contributed by atoms with Gasteiger partial charge in [0.2, 0.25) is 0 Å². The maximum atomic E-state index is 12.1. The number of rotatable bonds is 3. The maximum absolute atomic E-state index is 12.1. The Kier molecular flexibility index (Phi) is 4.54. The van der Waals surface area contributed by atoms with Crippen molar-refractivity contribution in [2.24, 2.45) is 11.3 Å².